The fourth-order valence-corrected chi connectivity index (χ4v) is 2.86. The smallest absolute Gasteiger partial charge is 0.307 e. The summed E-state index contributed by atoms with van der Waals surface area (Å²) in [6.45, 7) is 4.28. The molecule has 1 fully saturated rings. The Morgan fingerprint density at radius 2 is 2.10 bits per heavy atom. The van der Waals surface area contributed by atoms with E-state index >= 15 is 0 Å². The van der Waals surface area contributed by atoms with E-state index in [1.165, 1.54) is 0 Å². The minimum absolute atomic E-state index is 0.174. The van der Waals surface area contributed by atoms with Crippen molar-refractivity contribution in [3.05, 3.63) is 29.6 Å². The molecule has 2 rings (SSSR count). The SMILES string of the molecule is Cc1cccnc1CNC(=O)[C@H]1CC(C)C[C@H]1C(=O)O. The van der Waals surface area contributed by atoms with Gasteiger partial charge in [-0.3, -0.25) is 14.6 Å². The van der Waals surface area contributed by atoms with E-state index in [9.17, 15) is 14.7 Å². The highest BCUT2D eigenvalue weighted by molar-refractivity contribution is 5.85. The molecule has 1 heterocycles. The van der Waals surface area contributed by atoms with Crippen LogP contribution in [0.2, 0.25) is 0 Å². The Morgan fingerprint density at radius 1 is 1.40 bits per heavy atom. The van der Waals surface area contributed by atoms with Gasteiger partial charge in [-0.05, 0) is 37.3 Å². The van der Waals surface area contributed by atoms with Gasteiger partial charge in [0.05, 0.1) is 24.1 Å². The van der Waals surface area contributed by atoms with E-state index in [0.29, 0.717) is 19.4 Å². The molecule has 5 nitrogen and oxygen atoms in total. The van der Waals surface area contributed by atoms with Gasteiger partial charge in [0, 0.05) is 6.20 Å². The van der Waals surface area contributed by atoms with Gasteiger partial charge in [0.1, 0.15) is 0 Å². The molecular weight excluding hydrogens is 256 g/mol. The average Bonchev–Trinajstić information content (AvgIpc) is 2.80. The summed E-state index contributed by atoms with van der Waals surface area (Å²) in [5.41, 5.74) is 1.83. The zero-order chi connectivity index (χ0) is 14.7. The molecule has 0 radical (unpaired) electrons. The van der Waals surface area contributed by atoms with Crippen LogP contribution in [0.15, 0.2) is 18.3 Å². The molecule has 0 saturated heterocycles. The molecule has 108 valence electrons. The number of rotatable bonds is 4. The molecular formula is C15H20N2O3. The maximum absolute atomic E-state index is 12.2. The second-order valence-electron chi connectivity index (χ2n) is 5.61. The van der Waals surface area contributed by atoms with Gasteiger partial charge in [0.25, 0.3) is 0 Å². The number of aryl methyl sites for hydroxylation is 1. The second kappa shape index (κ2) is 6.03. The lowest BCUT2D eigenvalue weighted by atomic mass is 9.95. The fourth-order valence-electron chi connectivity index (χ4n) is 2.86. The van der Waals surface area contributed by atoms with Gasteiger partial charge < -0.3 is 10.4 Å². The molecule has 0 bridgehead atoms. The van der Waals surface area contributed by atoms with E-state index in [4.69, 9.17) is 0 Å². The summed E-state index contributed by atoms with van der Waals surface area (Å²) in [7, 11) is 0. The summed E-state index contributed by atoms with van der Waals surface area (Å²) in [6.07, 6.45) is 2.91. The Labute approximate surface area is 118 Å². The zero-order valence-electron chi connectivity index (χ0n) is 11.8. The van der Waals surface area contributed by atoms with Crippen LogP contribution in [0.4, 0.5) is 0 Å². The van der Waals surface area contributed by atoms with Crippen molar-refractivity contribution < 1.29 is 14.7 Å². The number of nitrogens with zero attached hydrogens (tertiary/aromatic N) is 1. The molecule has 1 saturated carbocycles. The number of aliphatic carboxylic acids is 1. The molecule has 2 N–H and O–H groups in total. The van der Waals surface area contributed by atoms with Crippen molar-refractivity contribution in [1.82, 2.24) is 10.3 Å². The van der Waals surface area contributed by atoms with E-state index < -0.39 is 17.8 Å². The Hall–Kier alpha value is -1.91. The highest BCUT2D eigenvalue weighted by Gasteiger charge is 2.41. The van der Waals surface area contributed by atoms with Crippen LogP contribution in [-0.2, 0) is 16.1 Å². The van der Waals surface area contributed by atoms with Crippen LogP contribution in [0, 0.1) is 24.7 Å². The fraction of sp³-hybridized carbons (Fsp3) is 0.533. The van der Waals surface area contributed by atoms with Crippen LogP contribution in [-0.4, -0.2) is 22.0 Å². The molecule has 1 unspecified atom stereocenters. The number of hydrogen-bond donors (Lipinski definition) is 2. The standard InChI is InChI=1S/C15H20N2O3/c1-9-6-11(12(7-9)15(19)20)14(18)17-8-13-10(2)4-3-5-16-13/h3-5,9,11-12H,6-8H2,1-2H3,(H,17,18)(H,19,20)/t9?,11-,12+/m0/s1. The number of nitrogens with one attached hydrogen (secondary N) is 1. The van der Waals surface area contributed by atoms with Crippen LogP contribution in [0.5, 0.6) is 0 Å². The Bertz CT molecular complexity index is 516. The molecule has 1 amide bonds. The summed E-state index contributed by atoms with van der Waals surface area (Å²) in [6, 6.07) is 3.78. The number of carbonyl (C=O) groups excluding carboxylic acids is 1. The number of carboxylic acid groups (broad SMARTS) is 1. The third-order valence-corrected chi connectivity index (χ3v) is 4.00. The van der Waals surface area contributed by atoms with Gasteiger partial charge in [0.15, 0.2) is 0 Å². The van der Waals surface area contributed by atoms with Crippen LogP contribution < -0.4 is 5.32 Å². The van der Waals surface area contributed by atoms with Crippen molar-refractivity contribution in [2.45, 2.75) is 33.2 Å². The monoisotopic (exact) mass is 276 g/mol. The first-order chi connectivity index (χ1) is 9.49. The van der Waals surface area contributed by atoms with Gasteiger partial charge in [-0.2, -0.15) is 0 Å². The van der Waals surface area contributed by atoms with Gasteiger partial charge in [0.2, 0.25) is 5.91 Å². The molecule has 20 heavy (non-hydrogen) atoms. The quantitative estimate of drug-likeness (QED) is 0.878. The summed E-state index contributed by atoms with van der Waals surface area (Å²) < 4.78 is 0. The van der Waals surface area contributed by atoms with Gasteiger partial charge >= 0.3 is 5.97 Å². The molecule has 0 aromatic carbocycles. The minimum Gasteiger partial charge on any atom is -0.481 e. The predicted octanol–water partition coefficient (Wildman–Crippen LogP) is 1.75. The molecule has 5 heteroatoms. The molecule has 1 aromatic rings. The third-order valence-electron chi connectivity index (χ3n) is 4.00. The first kappa shape index (κ1) is 14.5. The average molecular weight is 276 g/mol. The topological polar surface area (TPSA) is 79.3 Å². The first-order valence-corrected chi connectivity index (χ1v) is 6.90. The Kier molecular flexibility index (Phi) is 4.37. The lowest BCUT2D eigenvalue weighted by Crippen LogP contribution is -2.35. The van der Waals surface area contributed by atoms with E-state index in [1.807, 2.05) is 26.0 Å². The van der Waals surface area contributed by atoms with Crippen LogP contribution in [0.3, 0.4) is 0 Å². The summed E-state index contributed by atoms with van der Waals surface area (Å²) >= 11 is 0. The van der Waals surface area contributed by atoms with Gasteiger partial charge in [-0.1, -0.05) is 13.0 Å². The van der Waals surface area contributed by atoms with Crippen LogP contribution in [0.1, 0.15) is 31.0 Å². The van der Waals surface area contributed by atoms with Gasteiger partial charge in [-0.25, -0.2) is 0 Å². The van der Waals surface area contributed by atoms with Crippen molar-refractivity contribution in [1.29, 1.82) is 0 Å². The lowest BCUT2D eigenvalue weighted by Gasteiger charge is -2.15. The maximum Gasteiger partial charge on any atom is 0.307 e. The molecule has 1 aromatic heterocycles. The largest absolute Gasteiger partial charge is 0.481 e. The number of hydrogen-bond acceptors (Lipinski definition) is 3. The number of carbonyl (C=O) groups is 2. The molecule has 0 aliphatic heterocycles. The van der Waals surface area contributed by atoms with Crippen molar-refractivity contribution in [3.63, 3.8) is 0 Å². The van der Waals surface area contributed by atoms with Gasteiger partial charge in [-0.15, -0.1) is 0 Å². The Balaban J connectivity index is 1.98. The molecule has 3 atom stereocenters. The lowest BCUT2D eigenvalue weighted by molar-refractivity contribution is -0.146. The predicted molar refractivity (Wildman–Crippen MR) is 73.8 cm³/mol. The Morgan fingerprint density at radius 3 is 2.75 bits per heavy atom. The molecule has 1 aliphatic rings. The summed E-state index contributed by atoms with van der Waals surface area (Å²) in [4.78, 5) is 27.6. The van der Waals surface area contributed by atoms with E-state index in [-0.39, 0.29) is 11.8 Å². The van der Waals surface area contributed by atoms with Crippen molar-refractivity contribution in [2.75, 3.05) is 0 Å². The van der Waals surface area contributed by atoms with Crippen molar-refractivity contribution in [2.24, 2.45) is 17.8 Å². The molecule has 0 spiro atoms. The first-order valence-electron chi connectivity index (χ1n) is 6.90. The summed E-state index contributed by atoms with van der Waals surface area (Å²) in [5, 5.41) is 12.0. The normalized spacial score (nSPS) is 25.4. The highest BCUT2D eigenvalue weighted by Crippen LogP contribution is 2.36. The maximum atomic E-state index is 12.2. The summed E-state index contributed by atoms with van der Waals surface area (Å²) in [5.74, 6) is -1.75. The number of amides is 1. The number of pyridine rings is 1. The van der Waals surface area contributed by atoms with E-state index in [1.54, 1.807) is 6.20 Å². The van der Waals surface area contributed by atoms with Crippen molar-refractivity contribution in [3.8, 4) is 0 Å². The van der Waals surface area contributed by atoms with Crippen LogP contribution >= 0.6 is 0 Å². The van der Waals surface area contributed by atoms with E-state index in [2.05, 4.69) is 10.3 Å². The van der Waals surface area contributed by atoms with E-state index in [0.717, 1.165) is 11.3 Å². The molecule has 1 aliphatic carbocycles. The third kappa shape index (κ3) is 3.15. The van der Waals surface area contributed by atoms with Crippen LogP contribution in [0.25, 0.3) is 0 Å². The number of carboxylic acids is 1. The second-order valence-corrected chi connectivity index (χ2v) is 5.61. The van der Waals surface area contributed by atoms with Crippen molar-refractivity contribution >= 4 is 11.9 Å². The highest BCUT2D eigenvalue weighted by atomic mass is 16.4. The number of aromatic nitrogens is 1. The minimum atomic E-state index is -0.872. The zero-order valence-corrected chi connectivity index (χ0v) is 11.8.